The van der Waals surface area contributed by atoms with Crippen LogP contribution in [0.3, 0.4) is 0 Å². The van der Waals surface area contributed by atoms with Crippen molar-refractivity contribution in [3.63, 3.8) is 0 Å². The first-order chi connectivity index (χ1) is 15.5. The number of nitrogens with zero attached hydrogens (tertiary/aromatic N) is 2. The van der Waals surface area contributed by atoms with Crippen LogP contribution >= 0.6 is 0 Å². The molecule has 1 aliphatic rings. The summed E-state index contributed by atoms with van der Waals surface area (Å²) in [5, 5.41) is 12.5. The topological polar surface area (TPSA) is 83.9 Å². The van der Waals surface area contributed by atoms with Gasteiger partial charge in [0.05, 0.1) is 24.7 Å². The van der Waals surface area contributed by atoms with Gasteiger partial charge in [-0.05, 0) is 48.9 Å². The number of aromatic carboxylic acids is 1. The van der Waals surface area contributed by atoms with Crippen LogP contribution in [-0.4, -0.2) is 42.4 Å². The summed E-state index contributed by atoms with van der Waals surface area (Å²) in [6, 6.07) is 14.4. The fraction of sp³-hybridized carbons (Fsp3) is 0.250. The minimum atomic E-state index is -0.952. The van der Waals surface area contributed by atoms with E-state index in [0.29, 0.717) is 37.9 Å². The van der Waals surface area contributed by atoms with Gasteiger partial charge in [-0.15, -0.1) is 0 Å². The lowest BCUT2D eigenvalue weighted by atomic mass is 10.1. The van der Waals surface area contributed by atoms with Gasteiger partial charge < -0.3 is 24.8 Å². The standard InChI is InChI=1S/C24H24FN3O4/c1-16(17-2-4-18(5-3-17)24(29)30)27-23-22-21(10-11-26-23)32-15-13-28(22)12-14-31-20-8-6-19(25)7-9-20/h2-11,16H,12-15H2,1H3,(H,26,27)(H,29,30). The van der Waals surface area contributed by atoms with Crippen molar-refractivity contribution >= 4 is 17.5 Å². The van der Waals surface area contributed by atoms with Crippen molar-refractivity contribution in [2.45, 2.75) is 13.0 Å². The third kappa shape index (κ3) is 4.91. The Morgan fingerprint density at radius 1 is 1.22 bits per heavy atom. The lowest BCUT2D eigenvalue weighted by Gasteiger charge is -2.33. The highest BCUT2D eigenvalue weighted by atomic mass is 19.1. The molecular formula is C24H24FN3O4. The number of carbonyl (C=O) groups is 1. The number of carboxylic acid groups (broad SMARTS) is 1. The van der Waals surface area contributed by atoms with Crippen LogP contribution in [0.4, 0.5) is 15.9 Å². The summed E-state index contributed by atoms with van der Waals surface area (Å²) in [5.74, 6) is 0.783. The summed E-state index contributed by atoms with van der Waals surface area (Å²) < 4.78 is 24.7. The molecule has 1 atom stereocenters. The number of rotatable bonds is 8. The third-order valence-corrected chi connectivity index (χ3v) is 5.28. The third-order valence-electron chi connectivity index (χ3n) is 5.28. The summed E-state index contributed by atoms with van der Waals surface area (Å²) >= 11 is 0. The maximum absolute atomic E-state index is 13.1. The Kier molecular flexibility index (Phi) is 6.39. The molecule has 8 heteroatoms. The van der Waals surface area contributed by atoms with Gasteiger partial charge in [0.15, 0.2) is 5.82 Å². The fourth-order valence-electron chi connectivity index (χ4n) is 3.57. The Morgan fingerprint density at radius 2 is 1.97 bits per heavy atom. The summed E-state index contributed by atoms with van der Waals surface area (Å²) in [7, 11) is 0. The van der Waals surface area contributed by atoms with E-state index in [-0.39, 0.29) is 17.4 Å². The average Bonchev–Trinajstić information content (AvgIpc) is 2.80. The molecule has 0 saturated heterocycles. The molecule has 0 fully saturated rings. The zero-order valence-corrected chi connectivity index (χ0v) is 17.6. The van der Waals surface area contributed by atoms with Gasteiger partial charge in [-0.2, -0.15) is 0 Å². The predicted octanol–water partition coefficient (Wildman–Crippen LogP) is 4.37. The lowest BCUT2D eigenvalue weighted by molar-refractivity contribution is 0.0697. The maximum atomic E-state index is 13.1. The number of aromatic nitrogens is 1. The second-order valence-electron chi connectivity index (χ2n) is 7.44. The highest BCUT2D eigenvalue weighted by molar-refractivity contribution is 5.87. The van der Waals surface area contributed by atoms with Gasteiger partial charge in [0.1, 0.15) is 36.2 Å². The van der Waals surface area contributed by atoms with E-state index in [4.69, 9.17) is 14.6 Å². The quantitative estimate of drug-likeness (QED) is 0.541. The van der Waals surface area contributed by atoms with Crippen LogP contribution in [0, 0.1) is 5.82 Å². The number of anilines is 2. The largest absolute Gasteiger partial charge is 0.492 e. The number of carboxylic acids is 1. The molecule has 0 amide bonds. The summed E-state index contributed by atoms with van der Waals surface area (Å²) in [5.41, 5.74) is 2.05. The molecule has 1 aromatic heterocycles. The van der Waals surface area contributed by atoms with E-state index in [1.807, 2.05) is 13.0 Å². The SMILES string of the molecule is CC(Nc1nccc2c1N(CCOc1ccc(F)cc1)CCO2)c1ccc(C(=O)O)cc1. The molecule has 2 heterocycles. The van der Waals surface area contributed by atoms with Crippen LogP contribution in [0.25, 0.3) is 0 Å². The van der Waals surface area contributed by atoms with Gasteiger partial charge in [0.25, 0.3) is 0 Å². The van der Waals surface area contributed by atoms with Gasteiger partial charge >= 0.3 is 5.97 Å². The number of fused-ring (bicyclic) bond motifs is 1. The minimum Gasteiger partial charge on any atom is -0.492 e. The van der Waals surface area contributed by atoms with Crippen LogP contribution in [0.5, 0.6) is 11.5 Å². The van der Waals surface area contributed by atoms with Crippen LogP contribution in [0.1, 0.15) is 28.9 Å². The zero-order valence-electron chi connectivity index (χ0n) is 17.6. The minimum absolute atomic E-state index is 0.101. The Balaban J connectivity index is 1.47. The first-order valence-electron chi connectivity index (χ1n) is 10.4. The zero-order chi connectivity index (χ0) is 22.5. The molecule has 166 valence electrons. The normalized spacial score (nSPS) is 13.6. The first kappa shape index (κ1) is 21.4. The van der Waals surface area contributed by atoms with Gasteiger partial charge in [-0.3, -0.25) is 0 Å². The number of hydrogen-bond donors (Lipinski definition) is 2. The predicted molar refractivity (Wildman–Crippen MR) is 119 cm³/mol. The van der Waals surface area contributed by atoms with Crippen molar-refractivity contribution in [3.05, 3.63) is 77.7 Å². The number of nitrogens with one attached hydrogen (secondary N) is 1. The molecule has 0 saturated carbocycles. The molecule has 1 unspecified atom stereocenters. The van der Waals surface area contributed by atoms with E-state index in [2.05, 4.69) is 15.2 Å². The second kappa shape index (κ2) is 9.55. The molecule has 0 spiro atoms. The average molecular weight is 437 g/mol. The van der Waals surface area contributed by atoms with E-state index in [1.165, 1.54) is 12.1 Å². The Hall–Kier alpha value is -3.81. The number of pyridine rings is 1. The van der Waals surface area contributed by atoms with E-state index in [1.54, 1.807) is 42.6 Å². The van der Waals surface area contributed by atoms with E-state index < -0.39 is 5.97 Å². The van der Waals surface area contributed by atoms with Crippen molar-refractivity contribution < 1.29 is 23.8 Å². The lowest BCUT2D eigenvalue weighted by Crippen LogP contribution is -2.36. The molecule has 3 aromatic rings. The van der Waals surface area contributed by atoms with E-state index >= 15 is 0 Å². The highest BCUT2D eigenvalue weighted by Gasteiger charge is 2.23. The molecule has 0 bridgehead atoms. The van der Waals surface area contributed by atoms with Crippen molar-refractivity contribution in [1.82, 2.24) is 4.98 Å². The molecule has 0 aliphatic carbocycles. The van der Waals surface area contributed by atoms with Crippen LogP contribution < -0.4 is 19.7 Å². The van der Waals surface area contributed by atoms with Crippen molar-refractivity contribution in [1.29, 1.82) is 0 Å². The van der Waals surface area contributed by atoms with Crippen LogP contribution in [-0.2, 0) is 0 Å². The van der Waals surface area contributed by atoms with Crippen molar-refractivity contribution in [2.75, 3.05) is 36.5 Å². The molecular weight excluding hydrogens is 413 g/mol. The smallest absolute Gasteiger partial charge is 0.335 e. The number of hydrogen-bond acceptors (Lipinski definition) is 6. The number of halogens is 1. The maximum Gasteiger partial charge on any atom is 0.335 e. The Morgan fingerprint density at radius 3 is 2.69 bits per heavy atom. The molecule has 7 nitrogen and oxygen atoms in total. The van der Waals surface area contributed by atoms with E-state index in [0.717, 1.165) is 17.0 Å². The van der Waals surface area contributed by atoms with E-state index in [9.17, 15) is 9.18 Å². The molecule has 1 aliphatic heterocycles. The van der Waals surface area contributed by atoms with Crippen LogP contribution in [0.2, 0.25) is 0 Å². The summed E-state index contributed by atoms with van der Waals surface area (Å²) in [6.45, 7) is 4.25. The molecule has 2 aromatic carbocycles. The second-order valence-corrected chi connectivity index (χ2v) is 7.44. The van der Waals surface area contributed by atoms with Gasteiger partial charge in [0.2, 0.25) is 0 Å². The number of ether oxygens (including phenoxy) is 2. The molecule has 0 radical (unpaired) electrons. The van der Waals surface area contributed by atoms with Crippen molar-refractivity contribution in [3.8, 4) is 11.5 Å². The van der Waals surface area contributed by atoms with Gasteiger partial charge in [0, 0.05) is 12.3 Å². The summed E-state index contributed by atoms with van der Waals surface area (Å²) in [4.78, 5) is 17.8. The molecule has 32 heavy (non-hydrogen) atoms. The van der Waals surface area contributed by atoms with Crippen LogP contribution in [0.15, 0.2) is 60.8 Å². The Bertz CT molecular complexity index is 1070. The van der Waals surface area contributed by atoms with Gasteiger partial charge in [-0.1, -0.05) is 12.1 Å². The molecule has 2 N–H and O–H groups in total. The summed E-state index contributed by atoms with van der Waals surface area (Å²) in [6.07, 6.45) is 1.69. The molecule has 4 rings (SSSR count). The first-order valence-corrected chi connectivity index (χ1v) is 10.4. The fourth-order valence-corrected chi connectivity index (χ4v) is 3.57. The van der Waals surface area contributed by atoms with Gasteiger partial charge in [-0.25, -0.2) is 14.2 Å². The highest BCUT2D eigenvalue weighted by Crippen LogP contribution is 2.38. The van der Waals surface area contributed by atoms with Crippen molar-refractivity contribution in [2.24, 2.45) is 0 Å². The Labute approximate surface area is 185 Å². The monoisotopic (exact) mass is 437 g/mol. The number of benzene rings is 2.